The van der Waals surface area contributed by atoms with Gasteiger partial charge < -0.3 is 0 Å². The first kappa shape index (κ1) is 14.5. The molecule has 0 aliphatic carbocycles. The van der Waals surface area contributed by atoms with Gasteiger partial charge in [0.2, 0.25) is 0 Å². The number of alkyl halides is 2. The molecule has 0 aliphatic heterocycles. The van der Waals surface area contributed by atoms with Gasteiger partial charge in [-0.05, 0) is 0 Å². The van der Waals surface area contributed by atoms with Crippen LogP contribution in [0, 0.1) is 0 Å². The molecule has 0 saturated heterocycles. The Morgan fingerprint density at radius 2 is 1.93 bits per heavy atom. The van der Waals surface area contributed by atoms with E-state index in [0.717, 1.165) is 25.3 Å². The molecular weight excluding hydrogens is 263 g/mol. The van der Waals surface area contributed by atoms with E-state index in [9.17, 15) is 0 Å². The molecule has 0 bridgehead atoms. The van der Waals surface area contributed by atoms with Crippen LogP contribution in [0.1, 0.15) is 5.69 Å². The molecule has 0 fully saturated rings. The van der Waals surface area contributed by atoms with Gasteiger partial charge in [-0.1, -0.05) is 0 Å². The van der Waals surface area contributed by atoms with E-state index < -0.39 is 0 Å². The van der Waals surface area contributed by atoms with E-state index in [2.05, 4.69) is 15.3 Å². The quantitative estimate of drug-likeness (QED) is 0.742. The summed E-state index contributed by atoms with van der Waals surface area (Å²) in [5, 5.41) is 2.05. The van der Waals surface area contributed by atoms with Crippen molar-refractivity contribution in [2.24, 2.45) is 0 Å². The highest BCUT2D eigenvalue weighted by molar-refractivity contribution is 7.07. The summed E-state index contributed by atoms with van der Waals surface area (Å²) in [5.41, 5.74) is 2.94. The lowest BCUT2D eigenvalue weighted by Gasteiger charge is -2.18. The molecule has 1 heterocycles. The SMILES string of the molecule is Cl.ClCCN(CCCl)Cc1cscn1. The summed E-state index contributed by atoms with van der Waals surface area (Å²) in [5.74, 6) is 1.28. The Kier molecular flexibility index (Phi) is 9.03. The maximum Gasteiger partial charge on any atom is 0.0795 e. The van der Waals surface area contributed by atoms with E-state index in [1.807, 2.05) is 5.51 Å². The lowest BCUT2D eigenvalue weighted by molar-refractivity contribution is 0.296. The molecule has 14 heavy (non-hydrogen) atoms. The fourth-order valence-electron chi connectivity index (χ4n) is 1.05. The summed E-state index contributed by atoms with van der Waals surface area (Å²) in [7, 11) is 0. The maximum absolute atomic E-state index is 5.67. The van der Waals surface area contributed by atoms with E-state index in [1.54, 1.807) is 11.3 Å². The third-order valence-corrected chi connectivity index (χ3v) is 2.64. The average Bonchev–Trinajstić information content (AvgIpc) is 2.58. The van der Waals surface area contributed by atoms with Crippen molar-refractivity contribution in [2.75, 3.05) is 24.8 Å². The molecule has 0 unspecified atom stereocenters. The third-order valence-electron chi connectivity index (χ3n) is 1.67. The van der Waals surface area contributed by atoms with Crippen LogP contribution in [-0.4, -0.2) is 34.7 Å². The minimum Gasteiger partial charge on any atom is -0.295 e. The minimum absolute atomic E-state index is 0. The van der Waals surface area contributed by atoms with Gasteiger partial charge in [-0.3, -0.25) is 4.90 Å². The van der Waals surface area contributed by atoms with Gasteiger partial charge in [-0.15, -0.1) is 46.9 Å². The normalized spacial score (nSPS) is 10.2. The fraction of sp³-hybridized carbons (Fsp3) is 0.625. The van der Waals surface area contributed by atoms with Crippen molar-refractivity contribution < 1.29 is 0 Å². The summed E-state index contributed by atoms with van der Waals surface area (Å²) < 4.78 is 0. The number of rotatable bonds is 6. The van der Waals surface area contributed by atoms with Gasteiger partial charge in [-0.2, -0.15) is 0 Å². The Hall–Kier alpha value is 0.460. The van der Waals surface area contributed by atoms with Crippen LogP contribution in [0.4, 0.5) is 0 Å². The predicted octanol–water partition coefficient (Wildman–Crippen LogP) is 2.84. The maximum atomic E-state index is 5.67. The summed E-state index contributed by atoms with van der Waals surface area (Å²) in [6.07, 6.45) is 0. The van der Waals surface area contributed by atoms with Crippen molar-refractivity contribution >= 4 is 46.9 Å². The van der Waals surface area contributed by atoms with E-state index in [1.165, 1.54) is 0 Å². The van der Waals surface area contributed by atoms with Crippen molar-refractivity contribution in [2.45, 2.75) is 6.54 Å². The van der Waals surface area contributed by atoms with Gasteiger partial charge in [-0.25, -0.2) is 4.98 Å². The molecule has 6 heteroatoms. The average molecular weight is 276 g/mol. The molecule has 0 aromatic carbocycles. The second-order valence-electron chi connectivity index (χ2n) is 2.63. The van der Waals surface area contributed by atoms with E-state index in [0.29, 0.717) is 11.8 Å². The molecule has 1 aromatic heterocycles. The molecule has 0 aliphatic rings. The fourth-order valence-corrected chi connectivity index (χ4v) is 2.08. The lowest BCUT2D eigenvalue weighted by Crippen LogP contribution is -2.27. The molecule has 2 nitrogen and oxygen atoms in total. The van der Waals surface area contributed by atoms with E-state index in [-0.39, 0.29) is 12.4 Å². The zero-order valence-electron chi connectivity index (χ0n) is 7.66. The number of nitrogens with zero attached hydrogens (tertiary/aromatic N) is 2. The van der Waals surface area contributed by atoms with E-state index >= 15 is 0 Å². The van der Waals surface area contributed by atoms with Gasteiger partial charge in [0.25, 0.3) is 0 Å². The van der Waals surface area contributed by atoms with Gasteiger partial charge in [0, 0.05) is 36.8 Å². The molecule has 82 valence electrons. The van der Waals surface area contributed by atoms with Crippen LogP contribution in [0.2, 0.25) is 0 Å². The summed E-state index contributed by atoms with van der Waals surface area (Å²) >= 11 is 13.0. The van der Waals surface area contributed by atoms with Gasteiger partial charge in [0.15, 0.2) is 0 Å². The highest BCUT2D eigenvalue weighted by atomic mass is 35.5. The van der Waals surface area contributed by atoms with Crippen molar-refractivity contribution in [3.63, 3.8) is 0 Å². The van der Waals surface area contributed by atoms with Crippen LogP contribution < -0.4 is 0 Å². The summed E-state index contributed by atoms with van der Waals surface area (Å²) in [6, 6.07) is 0. The number of hydrogen-bond acceptors (Lipinski definition) is 3. The van der Waals surface area contributed by atoms with Crippen LogP contribution in [0.3, 0.4) is 0 Å². The molecule has 0 N–H and O–H groups in total. The molecule has 0 radical (unpaired) electrons. The molecule has 1 aromatic rings. The molecular formula is C8H13Cl3N2S. The summed E-state index contributed by atoms with van der Waals surface area (Å²) in [4.78, 5) is 6.41. The minimum atomic E-state index is 0. The molecule has 1 rings (SSSR count). The van der Waals surface area contributed by atoms with Gasteiger partial charge in [0.05, 0.1) is 11.2 Å². The first-order valence-electron chi connectivity index (χ1n) is 4.08. The number of halogens is 3. The third kappa shape index (κ3) is 5.37. The van der Waals surface area contributed by atoms with Crippen molar-refractivity contribution in [1.29, 1.82) is 0 Å². The number of thiazole rings is 1. The van der Waals surface area contributed by atoms with Crippen LogP contribution in [0.15, 0.2) is 10.9 Å². The first-order valence-corrected chi connectivity index (χ1v) is 6.09. The van der Waals surface area contributed by atoms with Gasteiger partial charge >= 0.3 is 0 Å². The van der Waals surface area contributed by atoms with Crippen molar-refractivity contribution in [3.05, 3.63) is 16.6 Å². The highest BCUT2D eigenvalue weighted by Crippen LogP contribution is 2.05. The van der Waals surface area contributed by atoms with Crippen LogP contribution in [0.25, 0.3) is 0 Å². The van der Waals surface area contributed by atoms with Gasteiger partial charge in [0.1, 0.15) is 0 Å². The first-order chi connectivity index (χ1) is 6.36. The number of aromatic nitrogens is 1. The van der Waals surface area contributed by atoms with Crippen molar-refractivity contribution in [1.82, 2.24) is 9.88 Å². The Labute approximate surface area is 105 Å². The zero-order valence-corrected chi connectivity index (χ0v) is 10.8. The predicted molar refractivity (Wildman–Crippen MR) is 66.1 cm³/mol. The Morgan fingerprint density at radius 3 is 2.36 bits per heavy atom. The topological polar surface area (TPSA) is 16.1 Å². The Bertz CT molecular complexity index is 212. The highest BCUT2D eigenvalue weighted by Gasteiger charge is 2.05. The molecule has 0 amide bonds. The Morgan fingerprint density at radius 1 is 1.29 bits per heavy atom. The monoisotopic (exact) mass is 274 g/mol. The second-order valence-corrected chi connectivity index (χ2v) is 4.11. The van der Waals surface area contributed by atoms with Crippen LogP contribution >= 0.6 is 46.9 Å². The smallest absolute Gasteiger partial charge is 0.0795 e. The zero-order chi connectivity index (χ0) is 9.52. The van der Waals surface area contributed by atoms with Crippen molar-refractivity contribution in [3.8, 4) is 0 Å². The molecule has 0 saturated carbocycles. The molecule has 0 atom stereocenters. The second kappa shape index (κ2) is 8.74. The largest absolute Gasteiger partial charge is 0.295 e. The van der Waals surface area contributed by atoms with Crippen LogP contribution in [0.5, 0.6) is 0 Å². The lowest BCUT2D eigenvalue weighted by atomic mass is 10.4. The standard InChI is InChI=1S/C8H12Cl2N2S.ClH/c9-1-3-12(4-2-10)5-8-6-13-7-11-8;/h6-7H,1-5H2;1H. The number of hydrogen-bond donors (Lipinski definition) is 0. The van der Waals surface area contributed by atoms with E-state index in [4.69, 9.17) is 23.2 Å². The molecule has 0 spiro atoms. The summed E-state index contributed by atoms with van der Waals surface area (Å²) in [6.45, 7) is 2.58. The van der Waals surface area contributed by atoms with Crippen LogP contribution in [-0.2, 0) is 6.54 Å². The Balaban J connectivity index is 0.00000169.